The molecule has 4 aromatic rings. The summed E-state index contributed by atoms with van der Waals surface area (Å²) in [6.07, 6.45) is 0. The van der Waals surface area contributed by atoms with Crippen LogP contribution < -0.4 is 20.5 Å². The molecule has 6 rings (SSSR count). The highest BCUT2D eigenvalue weighted by Gasteiger charge is 2.21. The Labute approximate surface area is 269 Å². The summed E-state index contributed by atoms with van der Waals surface area (Å²) >= 11 is 0. The number of carboxylic acids is 1. The lowest BCUT2D eigenvalue weighted by Crippen LogP contribution is -2.21. The summed E-state index contributed by atoms with van der Waals surface area (Å²) in [5.41, 5.74) is 8.10. The first-order chi connectivity index (χ1) is 22.4. The SMILES string of the molecule is CCN(C)c1ccc(/N=c2/ccc3c(-c4ccccc4C(=O)O)c4ccc(Nc5ccc(N(CC)CC)cc5)cc4oc-3c2)cc1. The first kappa shape index (κ1) is 30.5. The van der Waals surface area contributed by atoms with E-state index in [2.05, 4.69) is 79.3 Å². The second kappa shape index (κ2) is 13.2. The predicted molar refractivity (Wildman–Crippen MR) is 189 cm³/mol. The maximum absolute atomic E-state index is 12.3. The van der Waals surface area contributed by atoms with Gasteiger partial charge in [0.1, 0.15) is 11.3 Å². The predicted octanol–water partition coefficient (Wildman–Crippen LogP) is 9.18. The lowest BCUT2D eigenvalue weighted by Gasteiger charge is -2.21. The van der Waals surface area contributed by atoms with Gasteiger partial charge in [-0.1, -0.05) is 18.2 Å². The number of hydrogen-bond acceptors (Lipinski definition) is 6. The smallest absolute Gasteiger partial charge is 0.336 e. The number of nitrogens with zero attached hydrogens (tertiary/aromatic N) is 3. The Morgan fingerprint density at radius 2 is 1.46 bits per heavy atom. The normalized spacial score (nSPS) is 11.6. The first-order valence-corrected chi connectivity index (χ1v) is 15.7. The van der Waals surface area contributed by atoms with Gasteiger partial charge in [-0.15, -0.1) is 0 Å². The molecule has 0 spiro atoms. The number of carbonyl (C=O) groups is 1. The van der Waals surface area contributed by atoms with E-state index in [1.165, 1.54) is 5.69 Å². The molecule has 7 nitrogen and oxygen atoms in total. The molecule has 0 aromatic heterocycles. The fourth-order valence-corrected chi connectivity index (χ4v) is 5.83. The lowest BCUT2D eigenvalue weighted by molar-refractivity contribution is 0.0697. The van der Waals surface area contributed by atoms with Crippen molar-refractivity contribution in [3.63, 3.8) is 0 Å². The van der Waals surface area contributed by atoms with E-state index in [1.807, 2.05) is 60.7 Å². The standard InChI is InChI=1S/C39H38N4O3/c1-5-42(4)30-18-12-26(13-19-30)40-28-16-22-34-36(24-28)46-37-25-29(41-27-14-20-31(21-15-27)43(6-2)7-3)17-23-35(37)38(34)32-10-8-9-11-33(32)39(44)45/h8-25,41H,5-7H2,1-4H3,(H,44,45)/b40-28-. The van der Waals surface area contributed by atoms with Gasteiger partial charge in [0, 0.05) is 78.1 Å². The summed E-state index contributed by atoms with van der Waals surface area (Å²) < 4.78 is 6.55. The molecule has 0 atom stereocenters. The first-order valence-electron chi connectivity index (χ1n) is 15.7. The van der Waals surface area contributed by atoms with Gasteiger partial charge in [0.2, 0.25) is 0 Å². The molecule has 1 aliphatic heterocycles. The second-order valence-electron chi connectivity index (χ2n) is 11.2. The van der Waals surface area contributed by atoms with Crippen molar-refractivity contribution >= 4 is 45.4 Å². The van der Waals surface area contributed by atoms with E-state index in [4.69, 9.17) is 9.41 Å². The maximum Gasteiger partial charge on any atom is 0.336 e. The third kappa shape index (κ3) is 6.17. The zero-order valence-electron chi connectivity index (χ0n) is 26.6. The molecule has 1 heterocycles. The van der Waals surface area contributed by atoms with E-state index >= 15 is 0 Å². The molecular weight excluding hydrogens is 572 g/mol. The summed E-state index contributed by atoms with van der Waals surface area (Å²) in [7, 11) is 2.06. The topological polar surface area (TPSA) is 81.3 Å². The van der Waals surface area contributed by atoms with Gasteiger partial charge in [-0.25, -0.2) is 9.79 Å². The van der Waals surface area contributed by atoms with E-state index < -0.39 is 5.97 Å². The van der Waals surface area contributed by atoms with Crippen LogP contribution in [-0.2, 0) is 0 Å². The molecule has 1 aliphatic carbocycles. The molecule has 4 aromatic carbocycles. The van der Waals surface area contributed by atoms with E-state index in [9.17, 15) is 9.90 Å². The number of fused-ring (bicyclic) bond motifs is 2. The van der Waals surface area contributed by atoms with Crippen LogP contribution in [0.1, 0.15) is 31.1 Å². The van der Waals surface area contributed by atoms with Gasteiger partial charge >= 0.3 is 5.97 Å². The van der Waals surface area contributed by atoms with Crippen molar-refractivity contribution in [2.24, 2.45) is 4.99 Å². The molecule has 0 amide bonds. The number of rotatable bonds is 10. The number of benzene rings is 5. The quantitative estimate of drug-likeness (QED) is 0.151. The highest BCUT2D eigenvalue weighted by molar-refractivity contribution is 6.07. The van der Waals surface area contributed by atoms with Crippen LogP contribution in [-0.4, -0.2) is 37.8 Å². The molecule has 7 heteroatoms. The Morgan fingerprint density at radius 1 is 0.761 bits per heavy atom. The third-order valence-corrected chi connectivity index (χ3v) is 8.44. The fraction of sp³-hybridized carbons (Fsp3) is 0.179. The van der Waals surface area contributed by atoms with Crippen molar-refractivity contribution in [3.8, 4) is 22.5 Å². The summed E-state index contributed by atoms with van der Waals surface area (Å²) in [5.74, 6) is -0.361. The molecule has 0 fully saturated rings. The molecule has 2 N–H and O–H groups in total. The average molecular weight is 611 g/mol. The lowest BCUT2D eigenvalue weighted by atomic mass is 9.90. The number of carboxylic acid groups (broad SMARTS) is 1. The van der Waals surface area contributed by atoms with Crippen molar-refractivity contribution in [1.29, 1.82) is 0 Å². The molecule has 232 valence electrons. The number of nitrogens with one attached hydrogen (secondary N) is 1. The van der Waals surface area contributed by atoms with Crippen molar-refractivity contribution < 1.29 is 14.3 Å². The highest BCUT2D eigenvalue weighted by atomic mass is 16.4. The van der Waals surface area contributed by atoms with Gasteiger partial charge in [0.15, 0.2) is 0 Å². The Kier molecular flexibility index (Phi) is 8.74. The zero-order valence-corrected chi connectivity index (χ0v) is 26.6. The van der Waals surface area contributed by atoms with Crippen LogP contribution in [0.5, 0.6) is 0 Å². The Morgan fingerprint density at radius 3 is 2.15 bits per heavy atom. The Hall–Kier alpha value is -5.56. The van der Waals surface area contributed by atoms with Gasteiger partial charge in [-0.2, -0.15) is 0 Å². The fourth-order valence-electron chi connectivity index (χ4n) is 5.83. The summed E-state index contributed by atoms with van der Waals surface area (Å²) in [6, 6.07) is 35.4. The van der Waals surface area contributed by atoms with Crippen molar-refractivity contribution in [1.82, 2.24) is 0 Å². The molecule has 0 saturated heterocycles. The van der Waals surface area contributed by atoms with Gasteiger partial charge in [0.25, 0.3) is 0 Å². The van der Waals surface area contributed by atoms with Crippen molar-refractivity contribution in [2.45, 2.75) is 20.8 Å². The van der Waals surface area contributed by atoms with Crippen molar-refractivity contribution in [2.75, 3.05) is 41.8 Å². The van der Waals surface area contributed by atoms with Crippen LogP contribution in [0.3, 0.4) is 0 Å². The Bertz CT molecular complexity index is 2030. The number of anilines is 4. The molecule has 2 aliphatic rings. The van der Waals surface area contributed by atoms with Crippen LogP contribution in [0.25, 0.3) is 33.4 Å². The van der Waals surface area contributed by atoms with E-state index in [0.29, 0.717) is 16.9 Å². The van der Waals surface area contributed by atoms with Crippen molar-refractivity contribution in [3.05, 3.63) is 120 Å². The van der Waals surface area contributed by atoms with E-state index in [-0.39, 0.29) is 5.56 Å². The summed E-state index contributed by atoms with van der Waals surface area (Å²) in [6.45, 7) is 9.25. The van der Waals surface area contributed by atoms with Gasteiger partial charge in [-0.05, 0) is 105 Å². The average Bonchev–Trinajstić information content (AvgIpc) is 3.08. The minimum atomic E-state index is -0.979. The van der Waals surface area contributed by atoms with Crippen LogP contribution in [0.2, 0.25) is 0 Å². The third-order valence-electron chi connectivity index (χ3n) is 8.44. The molecule has 46 heavy (non-hydrogen) atoms. The number of aromatic carboxylic acids is 1. The molecule has 0 unspecified atom stereocenters. The molecular formula is C39H38N4O3. The molecule has 0 saturated carbocycles. The van der Waals surface area contributed by atoms with Gasteiger partial charge in [-0.3, -0.25) is 0 Å². The molecule has 0 bridgehead atoms. The van der Waals surface area contributed by atoms with Crippen LogP contribution >= 0.6 is 0 Å². The van der Waals surface area contributed by atoms with Crippen LogP contribution in [0, 0.1) is 0 Å². The van der Waals surface area contributed by atoms with Gasteiger partial charge < -0.3 is 24.6 Å². The van der Waals surface area contributed by atoms with Crippen LogP contribution in [0.15, 0.2) is 119 Å². The monoisotopic (exact) mass is 610 g/mol. The second-order valence-corrected chi connectivity index (χ2v) is 11.2. The highest BCUT2D eigenvalue weighted by Crippen LogP contribution is 2.42. The summed E-state index contributed by atoms with van der Waals surface area (Å²) in [4.78, 5) is 21.7. The molecule has 0 radical (unpaired) electrons. The number of hydrogen-bond donors (Lipinski definition) is 2. The van der Waals surface area contributed by atoms with Gasteiger partial charge in [0.05, 0.1) is 16.6 Å². The van der Waals surface area contributed by atoms with E-state index in [0.717, 1.165) is 64.3 Å². The minimum Gasteiger partial charge on any atom is -0.478 e. The van der Waals surface area contributed by atoms with E-state index in [1.54, 1.807) is 12.1 Å². The zero-order chi connectivity index (χ0) is 32.2. The minimum absolute atomic E-state index is 0.234. The largest absolute Gasteiger partial charge is 0.478 e. The summed E-state index contributed by atoms with van der Waals surface area (Å²) in [5, 5.41) is 15.2. The maximum atomic E-state index is 12.3. The Balaban J connectivity index is 1.47. The van der Waals surface area contributed by atoms with Crippen LogP contribution in [0.4, 0.5) is 28.4 Å².